The highest BCUT2D eigenvalue weighted by atomic mass is 16.7. The number of rotatable bonds is 10. The maximum Gasteiger partial charge on any atom is 0.338 e. The molecule has 0 radical (unpaired) electrons. The largest absolute Gasteiger partial charge is 0.463 e. The summed E-state index contributed by atoms with van der Waals surface area (Å²) < 4.78 is 21.9. The number of amides is 4. The van der Waals surface area contributed by atoms with Gasteiger partial charge in [-0.05, 0) is 63.1 Å². The molecular formula is C31H36N4O8. The molecule has 2 aromatic rings. The van der Waals surface area contributed by atoms with Crippen LogP contribution >= 0.6 is 0 Å². The first-order valence-electron chi connectivity index (χ1n) is 13.9. The van der Waals surface area contributed by atoms with E-state index >= 15 is 0 Å². The van der Waals surface area contributed by atoms with E-state index in [2.05, 4.69) is 10.6 Å². The first-order chi connectivity index (χ1) is 20.6. The summed E-state index contributed by atoms with van der Waals surface area (Å²) in [6, 6.07) is 12.0. The lowest BCUT2D eigenvalue weighted by atomic mass is 9.95. The van der Waals surface area contributed by atoms with E-state index in [4.69, 9.17) is 18.9 Å². The molecule has 12 heteroatoms. The normalized spacial score (nSPS) is 18.7. The monoisotopic (exact) mass is 592 g/mol. The van der Waals surface area contributed by atoms with Crippen LogP contribution in [0, 0.1) is 0 Å². The van der Waals surface area contributed by atoms with Crippen molar-refractivity contribution in [2.24, 2.45) is 0 Å². The second kappa shape index (κ2) is 13.3. The highest BCUT2D eigenvalue weighted by Gasteiger charge is 2.36. The highest BCUT2D eigenvalue weighted by Crippen LogP contribution is 2.33. The van der Waals surface area contributed by atoms with E-state index in [1.54, 1.807) is 90.3 Å². The number of carbonyl (C=O) groups excluding carboxylic acids is 4. The summed E-state index contributed by atoms with van der Waals surface area (Å²) in [7, 11) is 3.19. The Bertz CT molecular complexity index is 1340. The number of nitrogens with zero attached hydrogens (tertiary/aromatic N) is 2. The molecule has 0 fully saturated rings. The highest BCUT2D eigenvalue weighted by molar-refractivity contribution is 5.95. The molecule has 2 aliphatic heterocycles. The van der Waals surface area contributed by atoms with Crippen molar-refractivity contribution < 1.29 is 38.1 Å². The molecular weight excluding hydrogens is 556 g/mol. The van der Waals surface area contributed by atoms with Gasteiger partial charge in [-0.1, -0.05) is 24.3 Å². The molecule has 0 bridgehead atoms. The fourth-order valence-corrected chi connectivity index (χ4v) is 4.80. The summed E-state index contributed by atoms with van der Waals surface area (Å²) in [4.78, 5) is 53.0. The van der Waals surface area contributed by atoms with Crippen molar-refractivity contribution in [3.63, 3.8) is 0 Å². The van der Waals surface area contributed by atoms with Gasteiger partial charge in [-0.15, -0.1) is 0 Å². The van der Waals surface area contributed by atoms with Crippen molar-refractivity contribution in [3.05, 3.63) is 82.2 Å². The lowest BCUT2D eigenvalue weighted by molar-refractivity contribution is -0.140. The van der Waals surface area contributed by atoms with E-state index in [1.807, 2.05) is 0 Å². The number of hydrogen-bond acceptors (Lipinski definition) is 8. The van der Waals surface area contributed by atoms with Crippen molar-refractivity contribution in [2.45, 2.75) is 39.8 Å². The van der Waals surface area contributed by atoms with Crippen LogP contribution in [0.4, 0.5) is 9.59 Å². The smallest absolute Gasteiger partial charge is 0.338 e. The zero-order chi connectivity index (χ0) is 31.3. The van der Waals surface area contributed by atoms with Gasteiger partial charge >= 0.3 is 24.0 Å². The van der Waals surface area contributed by atoms with Gasteiger partial charge in [-0.3, -0.25) is 0 Å². The van der Waals surface area contributed by atoms with E-state index in [9.17, 15) is 19.2 Å². The minimum atomic E-state index is -0.663. The maximum absolute atomic E-state index is 12.7. The summed E-state index contributed by atoms with van der Waals surface area (Å²) >= 11 is 0. The van der Waals surface area contributed by atoms with Gasteiger partial charge in [0.15, 0.2) is 0 Å². The number of benzene rings is 2. The lowest BCUT2D eigenvalue weighted by Gasteiger charge is -2.33. The summed E-state index contributed by atoms with van der Waals surface area (Å²) in [5.74, 6) is 0.0645. The molecule has 2 heterocycles. The summed E-state index contributed by atoms with van der Waals surface area (Å²) in [6.07, 6.45) is 0. The maximum atomic E-state index is 12.7. The topological polar surface area (TPSA) is 136 Å². The van der Waals surface area contributed by atoms with Gasteiger partial charge < -0.3 is 39.4 Å². The van der Waals surface area contributed by atoms with Gasteiger partial charge in [-0.25, -0.2) is 19.2 Å². The Labute approximate surface area is 250 Å². The molecule has 4 amide bonds. The molecule has 43 heavy (non-hydrogen) atoms. The van der Waals surface area contributed by atoms with E-state index in [-0.39, 0.29) is 32.1 Å². The van der Waals surface area contributed by atoms with Crippen LogP contribution in [0.3, 0.4) is 0 Å². The Morgan fingerprint density at radius 3 is 1.35 bits per heavy atom. The molecule has 0 saturated heterocycles. The quantitative estimate of drug-likeness (QED) is 0.310. The Morgan fingerprint density at radius 2 is 1.02 bits per heavy atom. The third kappa shape index (κ3) is 6.58. The van der Waals surface area contributed by atoms with Crippen molar-refractivity contribution in [2.75, 3.05) is 34.1 Å². The first-order valence-corrected chi connectivity index (χ1v) is 13.9. The van der Waals surface area contributed by atoms with Crippen molar-refractivity contribution >= 4 is 24.0 Å². The molecule has 228 valence electrons. The number of nitrogens with one attached hydrogen (secondary N) is 2. The second-order valence-corrected chi connectivity index (χ2v) is 9.87. The molecule has 0 aromatic heterocycles. The fraction of sp³-hybridized carbons (Fsp3) is 0.355. The van der Waals surface area contributed by atoms with Gasteiger partial charge in [0.1, 0.15) is 11.5 Å². The number of hydrogen-bond donors (Lipinski definition) is 2. The fourth-order valence-electron chi connectivity index (χ4n) is 4.80. The Kier molecular flexibility index (Phi) is 9.59. The lowest BCUT2D eigenvalue weighted by Crippen LogP contribution is -2.46. The van der Waals surface area contributed by atoms with Gasteiger partial charge in [0.05, 0.1) is 36.4 Å². The molecule has 2 aromatic carbocycles. The molecule has 2 aliphatic rings. The number of carbonyl (C=O) groups is 4. The second-order valence-electron chi connectivity index (χ2n) is 9.87. The molecule has 4 rings (SSSR count). The average molecular weight is 593 g/mol. The third-order valence-corrected chi connectivity index (χ3v) is 7.38. The summed E-state index contributed by atoms with van der Waals surface area (Å²) in [5, 5.41) is 5.69. The van der Waals surface area contributed by atoms with Gasteiger partial charge in [0.25, 0.3) is 0 Å². The van der Waals surface area contributed by atoms with Crippen LogP contribution in [-0.4, -0.2) is 67.9 Å². The van der Waals surface area contributed by atoms with Crippen LogP contribution in [0.1, 0.15) is 50.9 Å². The van der Waals surface area contributed by atoms with Crippen LogP contribution in [0.2, 0.25) is 0 Å². The average Bonchev–Trinajstić information content (AvgIpc) is 2.99. The predicted molar refractivity (Wildman–Crippen MR) is 156 cm³/mol. The standard InChI is InChI=1S/C31H36N4O8/c1-7-40-28(36)24-18(3)34(5)30(38)32-26(24)20-9-13-22(14-10-20)42-17-43-23-15-11-21(12-16-23)27-25(29(37)41-8-2)19(4)35(6)31(39)33-27/h9-16,26-27H,7-8,17H2,1-6H3,(H,32,38)(H,33,39). The molecule has 0 aliphatic carbocycles. The van der Waals surface area contributed by atoms with Crippen LogP contribution < -0.4 is 20.1 Å². The molecule has 2 atom stereocenters. The van der Waals surface area contributed by atoms with Gasteiger partial charge in [0, 0.05) is 25.5 Å². The SMILES string of the molecule is CCOC(=O)C1=C(C)N(C)C(=O)NC1c1ccc(OCOc2ccc(C3NC(=O)N(C)C(C)=C3C(=O)OCC)cc2)cc1. The number of allylic oxidation sites excluding steroid dienone is 2. The third-order valence-electron chi connectivity index (χ3n) is 7.38. The molecule has 12 nitrogen and oxygen atoms in total. The Morgan fingerprint density at radius 1 is 0.674 bits per heavy atom. The minimum Gasteiger partial charge on any atom is -0.463 e. The number of esters is 2. The van der Waals surface area contributed by atoms with E-state index < -0.39 is 24.0 Å². The Hall–Kier alpha value is -5.00. The number of urea groups is 2. The van der Waals surface area contributed by atoms with Crippen molar-refractivity contribution in [1.82, 2.24) is 20.4 Å². The van der Waals surface area contributed by atoms with E-state index in [1.165, 1.54) is 9.80 Å². The first kappa shape index (κ1) is 30.9. The van der Waals surface area contributed by atoms with Crippen LogP contribution in [0.15, 0.2) is 71.1 Å². The van der Waals surface area contributed by atoms with E-state index in [0.29, 0.717) is 45.2 Å². The number of ether oxygens (including phenoxy) is 4. The van der Waals surface area contributed by atoms with Gasteiger partial charge in [-0.2, -0.15) is 0 Å². The predicted octanol–water partition coefficient (Wildman–Crippen LogP) is 4.17. The zero-order valence-corrected chi connectivity index (χ0v) is 25.1. The summed E-state index contributed by atoms with van der Waals surface area (Å²) in [6.45, 7) is 7.22. The van der Waals surface area contributed by atoms with Crippen LogP contribution in [0.5, 0.6) is 11.5 Å². The zero-order valence-electron chi connectivity index (χ0n) is 25.1. The molecule has 2 N–H and O–H groups in total. The van der Waals surface area contributed by atoms with Gasteiger partial charge in [0.2, 0.25) is 6.79 Å². The molecule has 0 saturated carbocycles. The van der Waals surface area contributed by atoms with Crippen LogP contribution in [-0.2, 0) is 19.1 Å². The van der Waals surface area contributed by atoms with Crippen molar-refractivity contribution in [3.8, 4) is 11.5 Å². The van der Waals surface area contributed by atoms with Crippen molar-refractivity contribution in [1.29, 1.82) is 0 Å². The Balaban J connectivity index is 1.40. The minimum absolute atomic E-state index is 0.0885. The summed E-state index contributed by atoms with van der Waals surface area (Å²) in [5.41, 5.74) is 3.16. The molecule has 2 unspecified atom stereocenters. The molecule has 0 spiro atoms. The van der Waals surface area contributed by atoms with E-state index in [0.717, 1.165) is 0 Å². The van der Waals surface area contributed by atoms with Crippen LogP contribution in [0.25, 0.3) is 0 Å².